The van der Waals surface area contributed by atoms with E-state index < -0.39 is 60.5 Å². The SMILES string of the molecule is C=C1N=C(N)C=CN1[C@@H]1O[C@](CN=[N+]=[N-])(COP(=O)(O)OP(=O)(O)OP(=O)(O)O)[C@@H](O)C1(F)F. The molecule has 5 atom stereocenters. The third kappa shape index (κ3) is 6.68. The number of nitrogens with zero attached hydrogens (tertiary/aromatic N) is 5. The van der Waals surface area contributed by atoms with Crippen LogP contribution in [-0.4, -0.2) is 72.4 Å². The first-order valence-corrected chi connectivity index (χ1v) is 12.9. The summed E-state index contributed by atoms with van der Waals surface area (Å²) in [5.74, 6) is -4.65. The van der Waals surface area contributed by atoms with Crippen LogP contribution < -0.4 is 5.73 Å². The van der Waals surface area contributed by atoms with Gasteiger partial charge in [0.1, 0.15) is 17.3 Å². The van der Waals surface area contributed by atoms with Crippen LogP contribution in [0.1, 0.15) is 0 Å². The molecular formula is C11H17F2N6O12P3. The van der Waals surface area contributed by atoms with E-state index in [-0.39, 0.29) is 11.7 Å². The third-order valence-electron chi connectivity index (χ3n) is 4.04. The van der Waals surface area contributed by atoms with Gasteiger partial charge in [-0.1, -0.05) is 11.7 Å². The molecule has 2 aliphatic rings. The largest absolute Gasteiger partial charge is 0.490 e. The fraction of sp³-hybridized carbons (Fsp3) is 0.545. The van der Waals surface area contributed by atoms with Crippen LogP contribution in [0.4, 0.5) is 8.78 Å². The zero-order valence-corrected chi connectivity index (χ0v) is 19.1. The van der Waals surface area contributed by atoms with Crippen molar-refractivity contribution < 1.29 is 65.0 Å². The molecule has 1 fully saturated rings. The number of aliphatic hydroxyl groups excluding tert-OH is 1. The number of phosphoric acid groups is 3. The number of rotatable bonds is 10. The van der Waals surface area contributed by atoms with E-state index in [0.717, 1.165) is 12.3 Å². The maximum Gasteiger partial charge on any atom is 0.490 e. The number of ether oxygens (including phenoxy) is 1. The highest BCUT2D eigenvalue weighted by Gasteiger charge is 2.68. The minimum Gasteiger partial charge on any atom is -0.384 e. The number of azide groups is 1. The number of hydrogen-bond acceptors (Lipinski definition) is 12. The Bertz CT molecular complexity index is 1090. The Morgan fingerprint density at radius 3 is 2.44 bits per heavy atom. The van der Waals surface area contributed by atoms with Gasteiger partial charge in [-0.25, -0.2) is 18.7 Å². The Balaban J connectivity index is 2.31. The lowest BCUT2D eigenvalue weighted by atomic mass is 9.95. The second kappa shape index (κ2) is 9.72. The lowest BCUT2D eigenvalue weighted by Gasteiger charge is -2.32. The fourth-order valence-corrected chi connectivity index (χ4v) is 5.80. The first-order valence-electron chi connectivity index (χ1n) is 8.37. The van der Waals surface area contributed by atoms with Crippen molar-refractivity contribution in [2.24, 2.45) is 15.8 Å². The van der Waals surface area contributed by atoms with Gasteiger partial charge >= 0.3 is 29.4 Å². The number of aliphatic hydroxyl groups is 1. The Kier molecular flexibility index (Phi) is 8.14. The molecule has 2 unspecified atom stereocenters. The molecule has 0 aromatic carbocycles. The molecule has 18 nitrogen and oxygen atoms in total. The molecule has 2 heterocycles. The second-order valence-electron chi connectivity index (χ2n) is 6.54. The highest BCUT2D eigenvalue weighted by Crippen LogP contribution is 2.66. The highest BCUT2D eigenvalue weighted by atomic mass is 31.3. The topological polar surface area (TPSA) is 280 Å². The van der Waals surface area contributed by atoms with E-state index in [9.17, 15) is 37.4 Å². The predicted molar refractivity (Wildman–Crippen MR) is 104 cm³/mol. The average molecular weight is 556 g/mol. The molecule has 0 spiro atoms. The van der Waals surface area contributed by atoms with Crippen LogP contribution in [0, 0.1) is 0 Å². The molecule has 0 radical (unpaired) electrons. The van der Waals surface area contributed by atoms with Gasteiger partial charge in [0.15, 0.2) is 6.10 Å². The van der Waals surface area contributed by atoms with E-state index in [0.29, 0.717) is 4.90 Å². The van der Waals surface area contributed by atoms with Crippen molar-refractivity contribution in [1.29, 1.82) is 0 Å². The Morgan fingerprint density at radius 2 is 1.91 bits per heavy atom. The zero-order valence-electron chi connectivity index (χ0n) is 16.4. The summed E-state index contributed by atoms with van der Waals surface area (Å²) in [6, 6.07) is 0. The summed E-state index contributed by atoms with van der Waals surface area (Å²) in [6.45, 7) is 0.751. The molecule has 0 aromatic heterocycles. The highest BCUT2D eigenvalue weighted by molar-refractivity contribution is 7.66. The quantitative estimate of drug-likeness (QED) is 0.0919. The van der Waals surface area contributed by atoms with Gasteiger partial charge in [-0.05, 0) is 11.6 Å². The Hall–Kier alpha value is -1.75. The number of amidine groups is 1. The summed E-state index contributed by atoms with van der Waals surface area (Å²) in [7, 11) is -17.4. The van der Waals surface area contributed by atoms with E-state index in [1.807, 2.05) is 0 Å². The van der Waals surface area contributed by atoms with Crippen LogP contribution in [0.15, 0.2) is 34.8 Å². The number of halogens is 2. The molecule has 0 saturated carbocycles. The summed E-state index contributed by atoms with van der Waals surface area (Å²) >= 11 is 0. The summed E-state index contributed by atoms with van der Waals surface area (Å²) in [6.07, 6.45) is -3.21. The van der Waals surface area contributed by atoms with Crippen molar-refractivity contribution >= 4 is 29.3 Å². The molecule has 192 valence electrons. The minimum atomic E-state index is -5.92. The van der Waals surface area contributed by atoms with Crippen LogP contribution in [0.5, 0.6) is 0 Å². The average Bonchev–Trinajstić information content (AvgIpc) is 2.83. The fourth-order valence-electron chi connectivity index (χ4n) is 2.72. The molecule has 34 heavy (non-hydrogen) atoms. The van der Waals surface area contributed by atoms with Crippen molar-refractivity contribution in [1.82, 2.24) is 4.90 Å². The molecule has 0 amide bonds. The summed E-state index contributed by atoms with van der Waals surface area (Å²) in [5.41, 5.74) is 11.2. The number of phosphoric ester groups is 1. The van der Waals surface area contributed by atoms with E-state index in [1.54, 1.807) is 0 Å². The number of nitrogens with two attached hydrogens (primary N) is 1. The molecular weight excluding hydrogens is 539 g/mol. The smallest absolute Gasteiger partial charge is 0.384 e. The van der Waals surface area contributed by atoms with Gasteiger partial charge in [0.05, 0.1) is 13.2 Å². The monoisotopic (exact) mass is 556 g/mol. The molecule has 0 aromatic rings. The molecule has 1 saturated heterocycles. The van der Waals surface area contributed by atoms with Gasteiger partial charge in [-0.2, -0.15) is 17.4 Å². The first kappa shape index (κ1) is 28.5. The summed E-state index contributed by atoms with van der Waals surface area (Å²) in [5, 5.41) is 13.3. The molecule has 7 N–H and O–H groups in total. The van der Waals surface area contributed by atoms with E-state index in [4.69, 9.17) is 25.8 Å². The zero-order chi connectivity index (χ0) is 26.2. The van der Waals surface area contributed by atoms with Crippen molar-refractivity contribution in [2.75, 3.05) is 13.2 Å². The summed E-state index contributed by atoms with van der Waals surface area (Å²) in [4.78, 5) is 42.4. The predicted octanol–water partition coefficient (Wildman–Crippen LogP) is 0.389. The van der Waals surface area contributed by atoms with Gasteiger partial charge in [0, 0.05) is 11.1 Å². The molecule has 2 rings (SSSR count). The van der Waals surface area contributed by atoms with Gasteiger partial charge in [-0.3, -0.25) is 4.52 Å². The number of aliphatic imine (C=N–C) groups is 1. The lowest BCUT2D eigenvalue weighted by molar-refractivity contribution is -0.153. The second-order valence-corrected chi connectivity index (χ2v) is 11.0. The van der Waals surface area contributed by atoms with Gasteiger partial charge in [0.2, 0.25) is 6.23 Å². The van der Waals surface area contributed by atoms with Crippen LogP contribution in [0.25, 0.3) is 10.4 Å². The number of alkyl halides is 2. The molecule has 0 bridgehead atoms. The third-order valence-corrected chi connectivity index (χ3v) is 7.83. The van der Waals surface area contributed by atoms with Crippen molar-refractivity contribution in [3.8, 4) is 0 Å². The standard InChI is InChI=1S/C11H17F2N6O12P3/c1-6-17-7(14)2-3-19(6)9-11(12,13)8(20)10(29-9,4-16-18-15)5-28-33(24,25)31-34(26,27)30-32(21,22)23/h2-3,8-9,20H,1,4-5H2,(H2,14,17)(H,24,25)(H,26,27)(H2,21,22,23)/t8-,9-,10-/m1/s1. The van der Waals surface area contributed by atoms with Gasteiger partial charge < -0.3 is 40.1 Å². The normalized spacial score (nSPS) is 30.3. The van der Waals surface area contributed by atoms with Crippen molar-refractivity contribution in [2.45, 2.75) is 23.9 Å². The minimum absolute atomic E-state index is 0.101. The maximum absolute atomic E-state index is 14.9. The first-order chi connectivity index (χ1) is 15.3. The van der Waals surface area contributed by atoms with Crippen LogP contribution in [0.2, 0.25) is 0 Å². The maximum atomic E-state index is 14.9. The van der Waals surface area contributed by atoms with Crippen molar-refractivity contribution in [3.05, 3.63) is 35.1 Å². The summed E-state index contributed by atoms with van der Waals surface area (Å²) < 4.78 is 80.5. The van der Waals surface area contributed by atoms with Crippen LogP contribution in [0.3, 0.4) is 0 Å². The Morgan fingerprint density at radius 1 is 1.29 bits per heavy atom. The van der Waals surface area contributed by atoms with Crippen LogP contribution in [-0.2, 0) is 31.6 Å². The van der Waals surface area contributed by atoms with E-state index in [2.05, 4.69) is 34.7 Å². The van der Waals surface area contributed by atoms with Gasteiger partial charge in [0.25, 0.3) is 0 Å². The molecule has 23 heteroatoms. The number of hydrogen-bond donors (Lipinski definition) is 6. The van der Waals surface area contributed by atoms with Crippen LogP contribution >= 0.6 is 23.5 Å². The van der Waals surface area contributed by atoms with Crippen molar-refractivity contribution in [3.63, 3.8) is 0 Å². The van der Waals surface area contributed by atoms with Gasteiger partial charge in [-0.15, -0.1) is 0 Å². The lowest BCUT2D eigenvalue weighted by Crippen LogP contribution is -2.52. The molecule has 0 aliphatic carbocycles. The van der Waals surface area contributed by atoms with E-state index in [1.165, 1.54) is 0 Å². The van der Waals surface area contributed by atoms with E-state index >= 15 is 0 Å². The Labute approximate surface area is 188 Å². The molecule has 2 aliphatic heterocycles.